The molecule has 0 aliphatic carbocycles. The Morgan fingerprint density at radius 2 is 1.95 bits per heavy atom. The third-order valence-electron chi connectivity index (χ3n) is 4.54. The number of benzene rings is 1. The Kier molecular flexibility index (Phi) is 5.37. The highest BCUT2D eigenvalue weighted by Crippen LogP contribution is 2.23. The van der Waals surface area contributed by atoms with Gasteiger partial charge in [0.2, 0.25) is 0 Å². The van der Waals surface area contributed by atoms with Crippen molar-refractivity contribution >= 4 is 5.97 Å². The predicted molar refractivity (Wildman–Crippen MR) is 84.6 cm³/mol. The van der Waals surface area contributed by atoms with Gasteiger partial charge in [-0.15, -0.1) is 0 Å². The zero-order valence-corrected chi connectivity index (χ0v) is 13.3. The van der Waals surface area contributed by atoms with Crippen LogP contribution >= 0.6 is 0 Å². The Labute approximate surface area is 127 Å². The van der Waals surface area contributed by atoms with Crippen LogP contribution in [0.3, 0.4) is 0 Å². The van der Waals surface area contributed by atoms with Crippen molar-refractivity contribution in [3.05, 3.63) is 34.9 Å². The van der Waals surface area contributed by atoms with E-state index in [4.69, 9.17) is 5.11 Å². The van der Waals surface area contributed by atoms with E-state index in [-0.39, 0.29) is 6.54 Å². The van der Waals surface area contributed by atoms with E-state index in [0.29, 0.717) is 6.04 Å². The van der Waals surface area contributed by atoms with E-state index >= 15 is 0 Å². The van der Waals surface area contributed by atoms with Crippen LogP contribution in [0.4, 0.5) is 0 Å². The van der Waals surface area contributed by atoms with Gasteiger partial charge in [0.25, 0.3) is 0 Å². The van der Waals surface area contributed by atoms with Crippen molar-refractivity contribution in [3.8, 4) is 0 Å². The Morgan fingerprint density at radius 3 is 2.62 bits per heavy atom. The van der Waals surface area contributed by atoms with E-state index in [1.165, 1.54) is 16.7 Å². The molecule has 21 heavy (non-hydrogen) atoms. The lowest BCUT2D eigenvalue weighted by atomic mass is 10.0. The summed E-state index contributed by atoms with van der Waals surface area (Å²) in [7, 11) is 0. The number of hydrogen-bond donors (Lipinski definition) is 1. The van der Waals surface area contributed by atoms with E-state index < -0.39 is 5.97 Å². The molecule has 0 amide bonds. The highest BCUT2D eigenvalue weighted by molar-refractivity contribution is 5.69. The average molecular weight is 290 g/mol. The van der Waals surface area contributed by atoms with Crippen LogP contribution in [0.15, 0.2) is 18.2 Å². The zero-order chi connectivity index (χ0) is 15.4. The maximum absolute atomic E-state index is 10.8. The summed E-state index contributed by atoms with van der Waals surface area (Å²) in [6, 6.07) is 7.07. The Morgan fingerprint density at radius 1 is 1.19 bits per heavy atom. The highest BCUT2D eigenvalue weighted by atomic mass is 16.4. The Balaban J connectivity index is 2.00. The third-order valence-corrected chi connectivity index (χ3v) is 4.54. The molecule has 0 saturated carbocycles. The molecule has 4 heteroatoms. The molecule has 1 aromatic carbocycles. The lowest BCUT2D eigenvalue weighted by molar-refractivity contribution is -0.138. The number of nitrogens with zero attached hydrogens (tertiary/aromatic N) is 2. The van der Waals surface area contributed by atoms with E-state index in [1.54, 1.807) is 0 Å². The van der Waals surface area contributed by atoms with Crippen LogP contribution in [-0.4, -0.2) is 53.6 Å². The molecule has 0 radical (unpaired) electrons. The SMILES string of the molecule is Cc1ccc(C(C)N2CCCN(CC(=O)O)CC2)cc1C. The van der Waals surface area contributed by atoms with Gasteiger partial charge in [-0.05, 0) is 43.9 Å². The first kappa shape index (κ1) is 16.0. The minimum atomic E-state index is -0.731. The molecule has 4 nitrogen and oxygen atoms in total. The quantitative estimate of drug-likeness (QED) is 0.925. The first-order valence-electron chi connectivity index (χ1n) is 7.72. The lowest BCUT2D eigenvalue weighted by Crippen LogP contribution is -2.35. The molecule has 0 spiro atoms. The number of rotatable bonds is 4. The van der Waals surface area contributed by atoms with Gasteiger partial charge in [0.15, 0.2) is 0 Å². The molecule has 116 valence electrons. The lowest BCUT2D eigenvalue weighted by Gasteiger charge is -2.28. The molecule has 2 rings (SSSR count). The van der Waals surface area contributed by atoms with E-state index in [2.05, 4.69) is 43.9 Å². The van der Waals surface area contributed by atoms with Crippen LogP contribution in [0, 0.1) is 13.8 Å². The van der Waals surface area contributed by atoms with Crippen molar-refractivity contribution < 1.29 is 9.90 Å². The highest BCUT2D eigenvalue weighted by Gasteiger charge is 2.21. The third kappa shape index (κ3) is 4.29. The van der Waals surface area contributed by atoms with Gasteiger partial charge in [-0.25, -0.2) is 0 Å². The van der Waals surface area contributed by atoms with E-state index in [0.717, 1.165) is 32.6 Å². The van der Waals surface area contributed by atoms with E-state index in [1.807, 2.05) is 4.90 Å². The minimum absolute atomic E-state index is 0.159. The van der Waals surface area contributed by atoms with Crippen molar-refractivity contribution in [1.82, 2.24) is 9.80 Å². The summed E-state index contributed by atoms with van der Waals surface area (Å²) < 4.78 is 0. The van der Waals surface area contributed by atoms with Crippen LogP contribution < -0.4 is 0 Å². The molecule has 1 aromatic rings. The van der Waals surface area contributed by atoms with Crippen LogP contribution in [0.25, 0.3) is 0 Å². The summed E-state index contributed by atoms with van der Waals surface area (Å²) in [5.74, 6) is -0.731. The van der Waals surface area contributed by atoms with Gasteiger partial charge in [0.05, 0.1) is 6.54 Å². The van der Waals surface area contributed by atoms with Crippen molar-refractivity contribution in [2.24, 2.45) is 0 Å². The van der Waals surface area contributed by atoms with Crippen molar-refractivity contribution in [2.45, 2.75) is 33.2 Å². The standard InChI is InChI=1S/C17H26N2O2/c1-13-5-6-16(11-14(13)2)15(3)19-8-4-7-18(9-10-19)12-17(20)21/h5-6,11,15H,4,7-10,12H2,1-3H3,(H,20,21). The van der Waals surface area contributed by atoms with Crippen molar-refractivity contribution in [1.29, 1.82) is 0 Å². The van der Waals surface area contributed by atoms with Crippen molar-refractivity contribution in [2.75, 3.05) is 32.7 Å². The number of aliphatic carboxylic acids is 1. The molecule has 1 fully saturated rings. The maximum atomic E-state index is 10.8. The summed E-state index contributed by atoms with van der Waals surface area (Å²) in [5, 5.41) is 8.91. The second-order valence-electron chi connectivity index (χ2n) is 6.08. The molecule has 1 heterocycles. The fourth-order valence-corrected chi connectivity index (χ4v) is 2.96. The normalized spacial score (nSPS) is 19.2. The number of aryl methyl sites for hydroxylation is 2. The zero-order valence-electron chi connectivity index (χ0n) is 13.3. The Hall–Kier alpha value is -1.39. The molecular formula is C17H26N2O2. The van der Waals surface area contributed by atoms with Gasteiger partial charge in [-0.2, -0.15) is 0 Å². The monoisotopic (exact) mass is 290 g/mol. The summed E-state index contributed by atoms with van der Waals surface area (Å²) in [6.45, 7) is 10.4. The second-order valence-corrected chi connectivity index (χ2v) is 6.08. The molecule has 1 saturated heterocycles. The van der Waals surface area contributed by atoms with Gasteiger partial charge >= 0.3 is 5.97 Å². The van der Waals surface area contributed by atoms with Crippen LogP contribution in [0.1, 0.15) is 36.1 Å². The fraction of sp³-hybridized carbons (Fsp3) is 0.588. The summed E-state index contributed by atoms with van der Waals surface area (Å²) in [5.41, 5.74) is 4.01. The van der Waals surface area contributed by atoms with Gasteiger partial charge in [0.1, 0.15) is 0 Å². The molecule has 1 atom stereocenters. The van der Waals surface area contributed by atoms with E-state index in [9.17, 15) is 4.79 Å². The molecule has 1 aliphatic rings. The summed E-state index contributed by atoms with van der Waals surface area (Å²) in [4.78, 5) is 15.3. The van der Waals surface area contributed by atoms with Gasteiger partial charge in [0, 0.05) is 32.2 Å². The van der Waals surface area contributed by atoms with Gasteiger partial charge in [-0.1, -0.05) is 18.2 Å². The number of carboxylic acid groups (broad SMARTS) is 1. The maximum Gasteiger partial charge on any atom is 0.317 e. The van der Waals surface area contributed by atoms with Gasteiger partial charge in [-0.3, -0.25) is 14.6 Å². The summed E-state index contributed by atoms with van der Waals surface area (Å²) >= 11 is 0. The van der Waals surface area contributed by atoms with Gasteiger partial charge < -0.3 is 5.11 Å². The minimum Gasteiger partial charge on any atom is -0.480 e. The first-order valence-corrected chi connectivity index (χ1v) is 7.72. The number of carboxylic acids is 1. The largest absolute Gasteiger partial charge is 0.480 e. The number of carbonyl (C=O) groups is 1. The topological polar surface area (TPSA) is 43.8 Å². The fourth-order valence-electron chi connectivity index (χ4n) is 2.96. The smallest absolute Gasteiger partial charge is 0.317 e. The molecule has 1 aliphatic heterocycles. The van der Waals surface area contributed by atoms with Crippen LogP contribution in [-0.2, 0) is 4.79 Å². The van der Waals surface area contributed by atoms with Crippen molar-refractivity contribution in [3.63, 3.8) is 0 Å². The molecule has 1 N–H and O–H groups in total. The summed E-state index contributed by atoms with van der Waals surface area (Å²) in [6.07, 6.45) is 1.03. The average Bonchev–Trinajstić information content (AvgIpc) is 2.66. The molecule has 0 bridgehead atoms. The second kappa shape index (κ2) is 7.05. The van der Waals surface area contributed by atoms with Crippen LogP contribution in [0.2, 0.25) is 0 Å². The molecule has 0 aromatic heterocycles. The molecule has 1 unspecified atom stereocenters. The Bertz CT molecular complexity index is 502. The first-order chi connectivity index (χ1) is 9.97. The van der Waals surface area contributed by atoms with Crippen LogP contribution in [0.5, 0.6) is 0 Å². The molecular weight excluding hydrogens is 264 g/mol. The number of hydrogen-bond acceptors (Lipinski definition) is 3. The predicted octanol–water partition coefficient (Wildman–Crippen LogP) is 2.46.